The van der Waals surface area contributed by atoms with Crippen molar-refractivity contribution in [2.24, 2.45) is 5.92 Å². The Balaban J connectivity index is 2.14. The molecule has 0 bridgehead atoms. The molecule has 2 nitrogen and oxygen atoms in total. The number of rotatable bonds is 6. The summed E-state index contributed by atoms with van der Waals surface area (Å²) in [5, 5.41) is 3.56. The molecule has 20 heavy (non-hydrogen) atoms. The minimum Gasteiger partial charge on any atom is -0.378 e. The quantitative estimate of drug-likeness (QED) is 0.845. The summed E-state index contributed by atoms with van der Waals surface area (Å²) in [4.78, 5) is 0. The van der Waals surface area contributed by atoms with Gasteiger partial charge in [0.2, 0.25) is 0 Å². The molecule has 3 atom stereocenters. The van der Waals surface area contributed by atoms with Gasteiger partial charge in [-0.1, -0.05) is 26.0 Å². The Morgan fingerprint density at radius 1 is 1.45 bits per heavy atom. The number of hydrogen-bond acceptors (Lipinski definition) is 2. The van der Waals surface area contributed by atoms with Crippen LogP contribution in [0.3, 0.4) is 0 Å². The van der Waals surface area contributed by atoms with Crippen molar-refractivity contribution in [3.8, 4) is 0 Å². The Morgan fingerprint density at radius 2 is 2.25 bits per heavy atom. The third-order valence-electron chi connectivity index (χ3n) is 4.12. The van der Waals surface area contributed by atoms with Crippen LogP contribution in [0.2, 0.25) is 0 Å². The van der Waals surface area contributed by atoms with Crippen molar-refractivity contribution < 1.29 is 9.13 Å². The fraction of sp³-hybridized carbons (Fsp3) is 0.625. The van der Waals surface area contributed by atoms with E-state index < -0.39 is 0 Å². The van der Waals surface area contributed by atoms with Gasteiger partial charge in [-0.05, 0) is 53.4 Å². The molecule has 1 heterocycles. The molecular formula is C16H23BrFNO. The van der Waals surface area contributed by atoms with Gasteiger partial charge in [-0.2, -0.15) is 0 Å². The summed E-state index contributed by atoms with van der Waals surface area (Å²) in [6, 6.07) is 5.60. The Labute approximate surface area is 129 Å². The minimum absolute atomic E-state index is 0.188. The van der Waals surface area contributed by atoms with Crippen molar-refractivity contribution in [2.75, 3.05) is 13.2 Å². The molecule has 1 aliphatic rings. The van der Waals surface area contributed by atoms with Crippen molar-refractivity contribution in [3.63, 3.8) is 0 Å². The summed E-state index contributed by atoms with van der Waals surface area (Å²) in [7, 11) is 0. The van der Waals surface area contributed by atoms with Crippen LogP contribution in [-0.2, 0) is 11.2 Å². The zero-order valence-corrected chi connectivity index (χ0v) is 13.7. The lowest BCUT2D eigenvalue weighted by molar-refractivity contribution is 0.0776. The number of likely N-dealkylation sites (N-methyl/N-ethyl adjacent to an activating group) is 1. The van der Waals surface area contributed by atoms with Crippen LogP contribution in [0, 0.1) is 11.7 Å². The predicted octanol–water partition coefficient (Wildman–Crippen LogP) is 3.92. The highest BCUT2D eigenvalue weighted by Crippen LogP contribution is 2.30. The normalized spacial score (nSPS) is 24.0. The lowest BCUT2D eigenvalue weighted by atomic mass is 9.87. The Bertz CT molecular complexity index is 440. The topological polar surface area (TPSA) is 21.3 Å². The molecule has 4 heteroatoms. The molecule has 2 rings (SSSR count). The van der Waals surface area contributed by atoms with Gasteiger partial charge in [-0.25, -0.2) is 4.39 Å². The number of benzene rings is 1. The Kier molecular flexibility index (Phi) is 6.00. The first-order valence-corrected chi connectivity index (χ1v) is 8.24. The Morgan fingerprint density at radius 3 is 2.95 bits per heavy atom. The van der Waals surface area contributed by atoms with E-state index in [9.17, 15) is 4.39 Å². The second kappa shape index (κ2) is 7.53. The van der Waals surface area contributed by atoms with Crippen LogP contribution in [-0.4, -0.2) is 25.3 Å². The third-order valence-corrected chi connectivity index (χ3v) is 5.01. The molecule has 1 saturated heterocycles. The van der Waals surface area contributed by atoms with Crippen LogP contribution in [0.25, 0.3) is 0 Å². The van der Waals surface area contributed by atoms with Crippen LogP contribution in [0.5, 0.6) is 0 Å². The van der Waals surface area contributed by atoms with Crippen LogP contribution in [0.15, 0.2) is 22.7 Å². The predicted molar refractivity (Wildman–Crippen MR) is 83.4 cm³/mol. The van der Waals surface area contributed by atoms with Gasteiger partial charge in [0.25, 0.3) is 0 Å². The standard InChI is InChI=1S/C16H23BrFNO/c1-3-15-12(8-9-20-15)14(19-4-2)10-11-6-5-7-13(18)16(11)17/h5-7,12,14-15,19H,3-4,8-10H2,1-2H3. The molecule has 0 radical (unpaired) electrons. The summed E-state index contributed by atoms with van der Waals surface area (Å²) in [5.74, 6) is 0.322. The summed E-state index contributed by atoms with van der Waals surface area (Å²) in [6.07, 6.45) is 3.28. The first-order valence-electron chi connectivity index (χ1n) is 7.45. The van der Waals surface area contributed by atoms with Crippen LogP contribution >= 0.6 is 15.9 Å². The van der Waals surface area contributed by atoms with E-state index in [1.165, 1.54) is 6.07 Å². The molecule has 3 unspecified atom stereocenters. The fourth-order valence-corrected chi connectivity index (χ4v) is 3.55. The molecule has 0 spiro atoms. The van der Waals surface area contributed by atoms with Crippen LogP contribution in [0.4, 0.5) is 4.39 Å². The fourth-order valence-electron chi connectivity index (χ4n) is 3.13. The average Bonchev–Trinajstić information content (AvgIpc) is 2.91. The van der Waals surface area contributed by atoms with Gasteiger partial charge in [-0.15, -0.1) is 0 Å². The van der Waals surface area contributed by atoms with E-state index in [-0.39, 0.29) is 5.82 Å². The second-order valence-electron chi connectivity index (χ2n) is 5.35. The zero-order valence-electron chi connectivity index (χ0n) is 12.2. The van der Waals surface area contributed by atoms with Gasteiger partial charge in [0, 0.05) is 18.6 Å². The molecule has 0 aromatic heterocycles. The largest absolute Gasteiger partial charge is 0.378 e. The van der Waals surface area contributed by atoms with Gasteiger partial charge in [-0.3, -0.25) is 0 Å². The van der Waals surface area contributed by atoms with Gasteiger partial charge in [0.15, 0.2) is 0 Å². The van der Waals surface area contributed by atoms with Gasteiger partial charge < -0.3 is 10.1 Å². The summed E-state index contributed by atoms with van der Waals surface area (Å²) >= 11 is 3.37. The van der Waals surface area contributed by atoms with Crippen molar-refractivity contribution in [2.45, 2.75) is 45.3 Å². The van der Waals surface area contributed by atoms with Gasteiger partial charge >= 0.3 is 0 Å². The van der Waals surface area contributed by atoms with E-state index in [0.717, 1.165) is 38.0 Å². The number of hydrogen-bond donors (Lipinski definition) is 1. The summed E-state index contributed by atoms with van der Waals surface area (Å²) in [5.41, 5.74) is 1.03. The van der Waals surface area contributed by atoms with E-state index >= 15 is 0 Å². The van der Waals surface area contributed by atoms with Crippen LogP contribution in [0.1, 0.15) is 32.3 Å². The van der Waals surface area contributed by atoms with E-state index in [1.807, 2.05) is 6.07 Å². The van der Waals surface area contributed by atoms with Gasteiger partial charge in [0.1, 0.15) is 5.82 Å². The molecule has 1 fully saturated rings. The van der Waals surface area contributed by atoms with E-state index in [1.54, 1.807) is 6.07 Å². The second-order valence-corrected chi connectivity index (χ2v) is 6.14. The average molecular weight is 344 g/mol. The van der Waals surface area contributed by atoms with E-state index in [2.05, 4.69) is 35.1 Å². The number of nitrogens with one attached hydrogen (secondary N) is 1. The highest BCUT2D eigenvalue weighted by molar-refractivity contribution is 9.10. The molecule has 0 aliphatic carbocycles. The maximum Gasteiger partial charge on any atom is 0.137 e. The minimum atomic E-state index is -0.188. The molecule has 1 aromatic carbocycles. The first-order chi connectivity index (χ1) is 9.67. The van der Waals surface area contributed by atoms with Crippen molar-refractivity contribution in [1.29, 1.82) is 0 Å². The molecule has 0 amide bonds. The molecule has 112 valence electrons. The monoisotopic (exact) mass is 343 g/mol. The summed E-state index contributed by atoms with van der Waals surface area (Å²) < 4.78 is 20.0. The van der Waals surface area contributed by atoms with Gasteiger partial charge in [0.05, 0.1) is 10.6 Å². The maximum absolute atomic E-state index is 13.6. The Hall–Kier alpha value is -0.450. The van der Waals surface area contributed by atoms with Crippen molar-refractivity contribution >= 4 is 15.9 Å². The SMILES string of the molecule is CCNC(Cc1cccc(F)c1Br)C1CCOC1CC. The molecule has 0 saturated carbocycles. The first kappa shape index (κ1) is 15.9. The number of halogens is 2. The zero-order chi connectivity index (χ0) is 14.5. The molecule has 1 aliphatic heterocycles. The molecule has 1 N–H and O–H groups in total. The van der Waals surface area contributed by atoms with Crippen LogP contribution < -0.4 is 5.32 Å². The highest BCUT2D eigenvalue weighted by atomic mass is 79.9. The lowest BCUT2D eigenvalue weighted by Crippen LogP contribution is -2.41. The number of ether oxygens (including phenoxy) is 1. The summed E-state index contributed by atoms with van der Waals surface area (Å²) in [6.45, 7) is 6.05. The molecular weight excluding hydrogens is 321 g/mol. The smallest absolute Gasteiger partial charge is 0.137 e. The van der Waals surface area contributed by atoms with E-state index in [4.69, 9.17) is 4.74 Å². The van der Waals surface area contributed by atoms with Crippen molar-refractivity contribution in [3.05, 3.63) is 34.1 Å². The van der Waals surface area contributed by atoms with Crippen molar-refractivity contribution in [1.82, 2.24) is 5.32 Å². The molecule has 1 aromatic rings. The lowest BCUT2D eigenvalue weighted by Gasteiger charge is -2.28. The maximum atomic E-state index is 13.6. The third kappa shape index (κ3) is 3.60. The van der Waals surface area contributed by atoms with E-state index in [0.29, 0.717) is 22.5 Å². The highest BCUT2D eigenvalue weighted by Gasteiger charge is 2.33.